The number of anilines is 1. The molecule has 1 amide bonds. The molecule has 0 bridgehead atoms. The minimum atomic E-state index is -0.723. The second-order valence-corrected chi connectivity index (χ2v) is 15.9. The van der Waals surface area contributed by atoms with Crippen molar-refractivity contribution in [3.05, 3.63) is 119 Å². The first kappa shape index (κ1) is 47.4. The summed E-state index contributed by atoms with van der Waals surface area (Å²) in [6.07, 6.45) is 9.11. The maximum atomic E-state index is 13.6. The van der Waals surface area contributed by atoms with E-state index >= 15 is 0 Å². The van der Waals surface area contributed by atoms with Crippen molar-refractivity contribution in [2.45, 2.75) is 77.3 Å². The molecule has 0 saturated carbocycles. The largest absolute Gasteiger partial charge is 0.494 e. The van der Waals surface area contributed by atoms with Gasteiger partial charge in [-0.1, -0.05) is 25.1 Å². The Morgan fingerprint density at radius 3 is 2.23 bits per heavy atom. The van der Waals surface area contributed by atoms with Crippen molar-refractivity contribution in [3.8, 4) is 11.5 Å². The molecule has 5 rings (SSSR count). The van der Waals surface area contributed by atoms with E-state index < -0.39 is 5.54 Å². The van der Waals surface area contributed by atoms with Gasteiger partial charge in [-0.25, -0.2) is 0 Å². The summed E-state index contributed by atoms with van der Waals surface area (Å²) in [5, 5.41) is 24.9. The van der Waals surface area contributed by atoms with Crippen LogP contribution in [0, 0.1) is 10.8 Å². The number of nitrogens with one attached hydrogen (secondary N) is 4. The van der Waals surface area contributed by atoms with Crippen molar-refractivity contribution in [2.24, 2.45) is 0 Å². The van der Waals surface area contributed by atoms with Gasteiger partial charge in [-0.2, -0.15) is 0 Å². The van der Waals surface area contributed by atoms with E-state index in [2.05, 4.69) is 27.6 Å². The molecule has 2 heterocycles. The second-order valence-electron chi connectivity index (χ2n) is 15.9. The molecule has 1 fully saturated rings. The summed E-state index contributed by atoms with van der Waals surface area (Å²) in [6.45, 7) is 10.7. The van der Waals surface area contributed by atoms with Crippen LogP contribution in [0.2, 0.25) is 0 Å². The molecule has 1 aliphatic rings. The molecule has 4 aromatic rings. The highest BCUT2D eigenvalue weighted by Crippen LogP contribution is 2.30. The summed E-state index contributed by atoms with van der Waals surface area (Å²) >= 11 is 0. The molecule has 62 heavy (non-hydrogen) atoms. The highest BCUT2D eigenvalue weighted by molar-refractivity contribution is 6.10. The third kappa shape index (κ3) is 13.9. The van der Waals surface area contributed by atoms with E-state index in [0.717, 1.165) is 79.1 Å². The van der Waals surface area contributed by atoms with Gasteiger partial charge in [-0.15, -0.1) is 0 Å². The van der Waals surface area contributed by atoms with E-state index in [1.54, 1.807) is 49.5 Å². The van der Waals surface area contributed by atoms with Gasteiger partial charge in [-0.3, -0.25) is 25.4 Å². The van der Waals surface area contributed by atoms with Crippen molar-refractivity contribution in [1.29, 1.82) is 10.8 Å². The maximum Gasteiger partial charge on any atom is 0.251 e. The van der Waals surface area contributed by atoms with Crippen LogP contribution in [0.3, 0.4) is 0 Å². The lowest BCUT2D eigenvalue weighted by atomic mass is 9.85. The molecule has 4 N–H and O–H groups in total. The van der Waals surface area contributed by atoms with Gasteiger partial charge in [-0.05, 0) is 138 Å². The number of aryl methyl sites for hydroxylation is 1. The molecule has 1 saturated heterocycles. The summed E-state index contributed by atoms with van der Waals surface area (Å²) in [4.78, 5) is 33.3. The Balaban J connectivity index is 0.983. The summed E-state index contributed by atoms with van der Waals surface area (Å²) in [5.74, 6) is 1.93. The van der Waals surface area contributed by atoms with Crippen molar-refractivity contribution >= 4 is 29.0 Å². The van der Waals surface area contributed by atoms with E-state index in [4.69, 9.17) is 24.4 Å². The normalized spacial score (nSPS) is 14.1. The number of Topliss-reactive ketones (excluding diaryl/α,β-unsaturated/α-hetero) is 1. The van der Waals surface area contributed by atoms with Crippen LogP contribution in [0.25, 0.3) is 0 Å². The van der Waals surface area contributed by atoms with Crippen LogP contribution >= 0.6 is 0 Å². The van der Waals surface area contributed by atoms with Gasteiger partial charge >= 0.3 is 0 Å². The van der Waals surface area contributed by atoms with E-state index in [-0.39, 0.29) is 23.6 Å². The smallest absolute Gasteiger partial charge is 0.251 e. The minimum absolute atomic E-state index is 0.0693. The average molecular weight is 848 g/mol. The van der Waals surface area contributed by atoms with Crippen LogP contribution in [0.5, 0.6) is 11.5 Å². The molecule has 1 aliphatic heterocycles. The van der Waals surface area contributed by atoms with Gasteiger partial charge in [0, 0.05) is 74.7 Å². The lowest BCUT2D eigenvalue weighted by Crippen LogP contribution is -2.58. The molecule has 3 aromatic carbocycles. The van der Waals surface area contributed by atoms with Crippen molar-refractivity contribution < 1.29 is 28.5 Å². The molecular weight excluding hydrogens is 783 g/mol. The summed E-state index contributed by atoms with van der Waals surface area (Å²) in [6, 6.07) is 24.1. The Kier molecular flexibility index (Phi) is 18.5. The van der Waals surface area contributed by atoms with Crippen LogP contribution < -0.4 is 20.1 Å². The molecule has 13 nitrogen and oxygen atoms in total. The van der Waals surface area contributed by atoms with E-state index in [1.165, 1.54) is 0 Å². The number of carbonyl (C=O) groups excluding carboxylic acids is 2. The quantitative estimate of drug-likeness (QED) is 0.0234. The van der Waals surface area contributed by atoms with E-state index in [0.29, 0.717) is 69.4 Å². The minimum Gasteiger partial charge on any atom is -0.494 e. The SMILES string of the molecule is CCc1cc(OCCOCCCOCCCCCOc2cccc(C(C)NC(=O)c3cccc(NC4(C(=N)N(C)C(=N)c5ccncc5)CCN(C)CC4)c3)c2)ccc1C(C)=O. The van der Waals surface area contributed by atoms with Gasteiger partial charge in [0.05, 0.1) is 24.8 Å². The standard InChI is InChI=1S/C49H65N7O6/c1-6-38-34-44(17-18-45(38)37(3)57)62-32-31-60-29-12-28-59-27-8-7-9-30-61-43-16-11-13-40(35-43)36(2)53-47(58)41-14-10-15-42(33-41)54-49(21-25-55(4)26-22-49)48(51)56(5)46(50)39-19-23-52-24-20-39/h10-11,13-20,23-24,33-36,50-51,54H,6-9,12,21-22,25-32H2,1-5H3,(H,53,58). The van der Waals surface area contributed by atoms with Crippen molar-refractivity contribution in [3.63, 3.8) is 0 Å². The molecule has 1 atom stereocenters. The number of amides is 1. The Morgan fingerprint density at radius 2 is 1.48 bits per heavy atom. The van der Waals surface area contributed by atoms with Crippen LogP contribution in [-0.4, -0.2) is 111 Å². The predicted molar refractivity (Wildman–Crippen MR) is 245 cm³/mol. The Hall–Kier alpha value is -5.63. The number of amidine groups is 2. The Labute approximate surface area is 367 Å². The third-order valence-electron chi connectivity index (χ3n) is 11.2. The number of pyridine rings is 1. The summed E-state index contributed by atoms with van der Waals surface area (Å²) in [5.41, 5.74) is 3.92. The van der Waals surface area contributed by atoms with Crippen molar-refractivity contribution in [2.75, 3.05) is 72.1 Å². The number of ketones is 1. The zero-order chi connectivity index (χ0) is 44.3. The van der Waals surface area contributed by atoms with Crippen LogP contribution in [0.4, 0.5) is 5.69 Å². The summed E-state index contributed by atoms with van der Waals surface area (Å²) in [7, 11) is 3.84. The van der Waals surface area contributed by atoms with Gasteiger partial charge in [0.15, 0.2) is 5.78 Å². The van der Waals surface area contributed by atoms with Crippen LogP contribution in [0.1, 0.15) is 103 Å². The number of benzene rings is 3. The summed E-state index contributed by atoms with van der Waals surface area (Å²) < 4.78 is 23.3. The highest BCUT2D eigenvalue weighted by atomic mass is 16.5. The fraction of sp³-hybridized carbons (Fsp3) is 0.449. The molecule has 1 aromatic heterocycles. The number of likely N-dealkylation sites (N-methyl/N-ethyl adjacent to an activating group) is 1. The first-order valence-electron chi connectivity index (χ1n) is 21.8. The van der Waals surface area contributed by atoms with Crippen molar-refractivity contribution in [1.82, 2.24) is 20.1 Å². The fourth-order valence-electron chi connectivity index (χ4n) is 7.46. The van der Waals surface area contributed by atoms with Crippen LogP contribution in [-0.2, 0) is 15.9 Å². The Bertz CT molecular complexity index is 2070. The molecular formula is C49H65N7O6. The molecule has 0 radical (unpaired) electrons. The third-order valence-corrected chi connectivity index (χ3v) is 11.2. The molecule has 1 unspecified atom stereocenters. The monoisotopic (exact) mass is 847 g/mol. The average Bonchev–Trinajstić information content (AvgIpc) is 3.29. The number of aromatic nitrogens is 1. The van der Waals surface area contributed by atoms with E-state index in [1.807, 2.05) is 74.5 Å². The number of nitrogens with zero attached hydrogens (tertiary/aromatic N) is 3. The number of piperidine rings is 1. The van der Waals surface area contributed by atoms with Gasteiger partial charge in [0.2, 0.25) is 0 Å². The first-order chi connectivity index (χ1) is 30.0. The topological polar surface area (TPSA) is 162 Å². The van der Waals surface area contributed by atoms with Gasteiger partial charge < -0.3 is 39.4 Å². The molecule has 13 heteroatoms. The maximum absolute atomic E-state index is 13.6. The zero-order valence-corrected chi connectivity index (χ0v) is 37.1. The number of likely N-dealkylation sites (tertiary alicyclic amines) is 1. The molecule has 332 valence electrons. The van der Waals surface area contributed by atoms with Gasteiger partial charge in [0.1, 0.15) is 29.8 Å². The number of rotatable bonds is 24. The molecule has 0 spiro atoms. The fourth-order valence-corrected chi connectivity index (χ4v) is 7.46. The number of hydrogen-bond donors (Lipinski definition) is 4. The lowest BCUT2D eigenvalue weighted by Gasteiger charge is -2.44. The first-order valence-corrected chi connectivity index (χ1v) is 21.8. The predicted octanol–water partition coefficient (Wildman–Crippen LogP) is 8.20. The Morgan fingerprint density at radius 1 is 0.806 bits per heavy atom. The highest BCUT2D eigenvalue weighted by Gasteiger charge is 2.40. The number of ether oxygens (including phenoxy) is 4. The number of carbonyl (C=O) groups is 2. The lowest BCUT2D eigenvalue weighted by molar-refractivity contribution is 0.0669. The second kappa shape index (κ2) is 24.1. The number of hydrogen-bond acceptors (Lipinski definition) is 11. The molecule has 0 aliphatic carbocycles. The van der Waals surface area contributed by atoms with Crippen LogP contribution in [0.15, 0.2) is 91.3 Å². The zero-order valence-electron chi connectivity index (χ0n) is 37.1. The van der Waals surface area contributed by atoms with E-state index in [9.17, 15) is 15.0 Å². The van der Waals surface area contributed by atoms with Gasteiger partial charge in [0.25, 0.3) is 5.91 Å². The number of unbranched alkanes of at least 4 members (excludes halogenated alkanes) is 2.